The van der Waals surface area contributed by atoms with Crippen molar-refractivity contribution < 1.29 is 14.6 Å². The molecule has 0 saturated carbocycles. The van der Waals surface area contributed by atoms with Gasteiger partial charge in [-0.1, -0.05) is 19.1 Å². The topological polar surface area (TPSA) is 58.6 Å². The van der Waals surface area contributed by atoms with Gasteiger partial charge < -0.3 is 15.2 Å². The Labute approximate surface area is 114 Å². The number of benzene rings is 1. The van der Waals surface area contributed by atoms with Gasteiger partial charge in [-0.05, 0) is 44.0 Å². The van der Waals surface area contributed by atoms with Crippen molar-refractivity contribution in [2.75, 3.05) is 19.7 Å². The number of ether oxygens (including phenoxy) is 1. The van der Waals surface area contributed by atoms with Gasteiger partial charge >= 0.3 is 5.97 Å². The highest BCUT2D eigenvalue weighted by atomic mass is 16.5. The van der Waals surface area contributed by atoms with E-state index in [9.17, 15) is 4.79 Å². The SMILES string of the molecule is CCOc1ccc(CCNCC(CC)C(=O)O)cc1. The predicted octanol–water partition coefficient (Wildman–Crippen LogP) is 2.33. The molecule has 0 fully saturated rings. The van der Waals surface area contributed by atoms with Gasteiger partial charge in [-0.3, -0.25) is 4.79 Å². The van der Waals surface area contributed by atoms with Crippen LogP contribution in [0.1, 0.15) is 25.8 Å². The Hall–Kier alpha value is -1.55. The number of rotatable bonds is 9. The van der Waals surface area contributed by atoms with Gasteiger partial charge in [0.1, 0.15) is 5.75 Å². The van der Waals surface area contributed by atoms with Crippen molar-refractivity contribution in [3.63, 3.8) is 0 Å². The molecule has 1 atom stereocenters. The van der Waals surface area contributed by atoms with Crippen LogP contribution < -0.4 is 10.1 Å². The number of nitrogens with one attached hydrogen (secondary N) is 1. The van der Waals surface area contributed by atoms with Crippen LogP contribution in [0, 0.1) is 5.92 Å². The minimum absolute atomic E-state index is 0.291. The highest BCUT2D eigenvalue weighted by molar-refractivity contribution is 5.70. The second kappa shape index (κ2) is 8.53. The van der Waals surface area contributed by atoms with E-state index in [2.05, 4.69) is 5.32 Å². The summed E-state index contributed by atoms with van der Waals surface area (Å²) in [6, 6.07) is 8.01. The van der Waals surface area contributed by atoms with E-state index >= 15 is 0 Å². The van der Waals surface area contributed by atoms with Gasteiger partial charge in [-0.25, -0.2) is 0 Å². The maximum Gasteiger partial charge on any atom is 0.307 e. The van der Waals surface area contributed by atoms with E-state index in [0.717, 1.165) is 18.7 Å². The maximum absolute atomic E-state index is 10.8. The van der Waals surface area contributed by atoms with Crippen LogP contribution in [0.25, 0.3) is 0 Å². The van der Waals surface area contributed by atoms with Crippen molar-refractivity contribution >= 4 is 5.97 Å². The van der Waals surface area contributed by atoms with Crippen LogP contribution in [0.3, 0.4) is 0 Å². The fourth-order valence-electron chi connectivity index (χ4n) is 1.83. The van der Waals surface area contributed by atoms with Crippen LogP contribution >= 0.6 is 0 Å². The molecule has 0 aliphatic carbocycles. The number of aliphatic carboxylic acids is 1. The molecule has 0 spiro atoms. The van der Waals surface area contributed by atoms with Crippen LogP contribution in [-0.4, -0.2) is 30.8 Å². The Morgan fingerprint density at radius 3 is 2.53 bits per heavy atom. The number of carboxylic acids is 1. The predicted molar refractivity (Wildman–Crippen MR) is 75.6 cm³/mol. The molecule has 1 rings (SSSR count). The van der Waals surface area contributed by atoms with E-state index in [1.165, 1.54) is 5.56 Å². The summed E-state index contributed by atoms with van der Waals surface area (Å²) in [5.41, 5.74) is 1.22. The zero-order valence-corrected chi connectivity index (χ0v) is 11.7. The summed E-state index contributed by atoms with van der Waals surface area (Å²) in [7, 11) is 0. The number of carbonyl (C=O) groups is 1. The fourth-order valence-corrected chi connectivity index (χ4v) is 1.83. The Morgan fingerprint density at radius 1 is 1.32 bits per heavy atom. The average Bonchev–Trinajstić information content (AvgIpc) is 2.40. The molecule has 0 saturated heterocycles. The van der Waals surface area contributed by atoms with Crippen LogP contribution in [0.2, 0.25) is 0 Å². The van der Waals surface area contributed by atoms with Gasteiger partial charge in [-0.15, -0.1) is 0 Å². The third kappa shape index (κ3) is 5.75. The van der Waals surface area contributed by atoms with E-state index in [1.54, 1.807) is 0 Å². The summed E-state index contributed by atoms with van der Waals surface area (Å²) >= 11 is 0. The molecule has 0 amide bonds. The van der Waals surface area contributed by atoms with E-state index in [0.29, 0.717) is 19.6 Å². The second-order valence-electron chi connectivity index (χ2n) is 4.47. The van der Waals surface area contributed by atoms with E-state index in [-0.39, 0.29) is 5.92 Å². The Balaban J connectivity index is 2.27. The van der Waals surface area contributed by atoms with Crippen molar-refractivity contribution in [2.45, 2.75) is 26.7 Å². The summed E-state index contributed by atoms with van der Waals surface area (Å²) in [6.07, 6.45) is 1.55. The quantitative estimate of drug-likeness (QED) is 0.673. The molecule has 4 heteroatoms. The van der Waals surface area contributed by atoms with E-state index in [4.69, 9.17) is 9.84 Å². The van der Waals surface area contributed by atoms with Gasteiger partial charge in [0.05, 0.1) is 12.5 Å². The van der Waals surface area contributed by atoms with Crippen LogP contribution in [0.15, 0.2) is 24.3 Å². The molecule has 0 heterocycles. The molecule has 0 bridgehead atoms. The molecule has 0 aromatic heterocycles. The molecule has 106 valence electrons. The first kappa shape index (κ1) is 15.5. The van der Waals surface area contributed by atoms with Crippen molar-refractivity contribution in [1.29, 1.82) is 0 Å². The van der Waals surface area contributed by atoms with E-state index < -0.39 is 5.97 Å². The minimum Gasteiger partial charge on any atom is -0.494 e. The third-order valence-corrected chi connectivity index (χ3v) is 3.06. The maximum atomic E-state index is 10.8. The first-order chi connectivity index (χ1) is 9.17. The van der Waals surface area contributed by atoms with Gasteiger partial charge in [0.25, 0.3) is 0 Å². The van der Waals surface area contributed by atoms with Crippen molar-refractivity contribution in [1.82, 2.24) is 5.32 Å². The lowest BCUT2D eigenvalue weighted by molar-refractivity contribution is -0.141. The van der Waals surface area contributed by atoms with Crippen molar-refractivity contribution in [3.05, 3.63) is 29.8 Å². The largest absolute Gasteiger partial charge is 0.494 e. The molecule has 0 radical (unpaired) electrons. The molecular weight excluding hydrogens is 242 g/mol. The lowest BCUT2D eigenvalue weighted by Crippen LogP contribution is -2.29. The minimum atomic E-state index is -0.726. The first-order valence-electron chi connectivity index (χ1n) is 6.82. The third-order valence-electron chi connectivity index (χ3n) is 3.06. The zero-order valence-electron chi connectivity index (χ0n) is 11.7. The summed E-state index contributed by atoms with van der Waals surface area (Å²) in [5, 5.41) is 12.1. The zero-order chi connectivity index (χ0) is 14.1. The molecule has 19 heavy (non-hydrogen) atoms. The first-order valence-corrected chi connectivity index (χ1v) is 6.82. The monoisotopic (exact) mass is 265 g/mol. The average molecular weight is 265 g/mol. The molecule has 1 unspecified atom stereocenters. The van der Waals surface area contributed by atoms with Crippen molar-refractivity contribution in [3.8, 4) is 5.75 Å². The van der Waals surface area contributed by atoms with E-state index in [1.807, 2.05) is 38.1 Å². The Kier molecular flexibility index (Phi) is 6.97. The Bertz CT molecular complexity index is 375. The standard InChI is InChI=1S/C15H23NO3/c1-3-13(15(17)18)11-16-10-9-12-5-7-14(8-6-12)19-4-2/h5-8,13,16H,3-4,9-11H2,1-2H3,(H,17,18). The molecule has 1 aromatic carbocycles. The molecular formula is C15H23NO3. The van der Waals surface area contributed by atoms with Gasteiger partial charge in [0, 0.05) is 6.54 Å². The lowest BCUT2D eigenvalue weighted by atomic mass is 10.1. The second-order valence-corrected chi connectivity index (χ2v) is 4.47. The summed E-state index contributed by atoms with van der Waals surface area (Å²) in [6.45, 7) is 5.85. The van der Waals surface area contributed by atoms with Crippen LogP contribution in [0.5, 0.6) is 5.75 Å². The fraction of sp³-hybridized carbons (Fsp3) is 0.533. The molecule has 0 aliphatic rings. The van der Waals surface area contributed by atoms with Gasteiger partial charge in [0.15, 0.2) is 0 Å². The normalized spacial score (nSPS) is 12.1. The number of hydrogen-bond acceptors (Lipinski definition) is 3. The molecule has 4 nitrogen and oxygen atoms in total. The Morgan fingerprint density at radius 2 is 2.00 bits per heavy atom. The number of carboxylic acid groups (broad SMARTS) is 1. The van der Waals surface area contributed by atoms with Gasteiger partial charge in [-0.2, -0.15) is 0 Å². The highest BCUT2D eigenvalue weighted by Crippen LogP contribution is 2.12. The highest BCUT2D eigenvalue weighted by Gasteiger charge is 2.13. The smallest absolute Gasteiger partial charge is 0.307 e. The molecule has 0 aliphatic heterocycles. The summed E-state index contributed by atoms with van der Waals surface area (Å²) in [4.78, 5) is 10.8. The summed E-state index contributed by atoms with van der Waals surface area (Å²) in [5.74, 6) is -0.132. The lowest BCUT2D eigenvalue weighted by Gasteiger charge is -2.11. The van der Waals surface area contributed by atoms with Gasteiger partial charge in [0.2, 0.25) is 0 Å². The summed E-state index contributed by atoms with van der Waals surface area (Å²) < 4.78 is 5.38. The van der Waals surface area contributed by atoms with Crippen LogP contribution in [-0.2, 0) is 11.2 Å². The molecule has 1 aromatic rings. The van der Waals surface area contributed by atoms with Crippen molar-refractivity contribution in [2.24, 2.45) is 5.92 Å². The van der Waals surface area contributed by atoms with Crippen LogP contribution in [0.4, 0.5) is 0 Å². The number of hydrogen-bond donors (Lipinski definition) is 2. The molecule has 2 N–H and O–H groups in total.